The van der Waals surface area contributed by atoms with Crippen LogP contribution in [0.4, 0.5) is 4.39 Å². The number of benzene rings is 3. The van der Waals surface area contributed by atoms with E-state index in [2.05, 4.69) is 31.2 Å². The van der Waals surface area contributed by atoms with E-state index >= 15 is 4.39 Å². The quantitative estimate of drug-likeness (QED) is 0.400. The van der Waals surface area contributed by atoms with Crippen molar-refractivity contribution in [3.05, 3.63) is 82.1 Å². The molecule has 27 heavy (non-hydrogen) atoms. The van der Waals surface area contributed by atoms with Crippen LogP contribution in [0.1, 0.15) is 42.9 Å². The Morgan fingerprint density at radius 1 is 0.852 bits per heavy atom. The Bertz CT molecular complexity index is 957. The number of hydrogen-bond acceptors (Lipinski definition) is 0. The summed E-state index contributed by atoms with van der Waals surface area (Å²) in [5, 5.41) is 0.667. The van der Waals surface area contributed by atoms with Gasteiger partial charge in [-0.1, -0.05) is 73.8 Å². The Morgan fingerprint density at radius 2 is 1.59 bits per heavy atom. The van der Waals surface area contributed by atoms with Gasteiger partial charge in [0.05, 0.1) is 0 Å². The van der Waals surface area contributed by atoms with E-state index in [0.717, 1.165) is 36.0 Å². The summed E-state index contributed by atoms with van der Waals surface area (Å²) in [7, 11) is 0. The fourth-order valence-electron chi connectivity index (χ4n) is 4.08. The van der Waals surface area contributed by atoms with Crippen molar-refractivity contribution < 1.29 is 4.39 Å². The van der Waals surface area contributed by atoms with Crippen molar-refractivity contribution in [2.45, 2.75) is 45.4 Å². The predicted molar refractivity (Wildman–Crippen MR) is 113 cm³/mol. The predicted octanol–water partition coefficient (Wildman–Crippen LogP) is 7.64. The van der Waals surface area contributed by atoms with Crippen LogP contribution in [0.3, 0.4) is 0 Å². The zero-order chi connectivity index (χ0) is 18.8. The summed E-state index contributed by atoms with van der Waals surface area (Å²) in [5.74, 6) is -0.0903. The van der Waals surface area contributed by atoms with Gasteiger partial charge in [-0.2, -0.15) is 0 Å². The van der Waals surface area contributed by atoms with Crippen LogP contribution in [0.25, 0.3) is 22.3 Å². The van der Waals surface area contributed by atoms with Gasteiger partial charge in [0.1, 0.15) is 5.82 Å². The fourth-order valence-corrected chi connectivity index (χ4v) is 4.21. The monoisotopic (exact) mass is 378 g/mol. The van der Waals surface area contributed by atoms with Crippen LogP contribution in [-0.4, -0.2) is 0 Å². The average Bonchev–Trinajstić information content (AvgIpc) is 2.69. The van der Waals surface area contributed by atoms with Crippen LogP contribution in [0.15, 0.2) is 54.6 Å². The molecule has 0 bridgehead atoms. The molecule has 0 fully saturated rings. The summed E-state index contributed by atoms with van der Waals surface area (Å²) < 4.78 is 15.3. The van der Waals surface area contributed by atoms with Gasteiger partial charge in [-0.15, -0.1) is 0 Å². The van der Waals surface area contributed by atoms with E-state index in [4.69, 9.17) is 11.6 Å². The van der Waals surface area contributed by atoms with E-state index in [1.165, 1.54) is 36.0 Å². The van der Waals surface area contributed by atoms with Gasteiger partial charge in [0.25, 0.3) is 0 Å². The van der Waals surface area contributed by atoms with Crippen LogP contribution in [0.5, 0.6) is 0 Å². The Hall–Kier alpha value is -2.12. The zero-order valence-electron chi connectivity index (χ0n) is 15.7. The van der Waals surface area contributed by atoms with Crippen molar-refractivity contribution in [3.8, 4) is 22.3 Å². The molecule has 2 heteroatoms. The number of hydrogen-bond donors (Lipinski definition) is 0. The average molecular weight is 379 g/mol. The lowest BCUT2D eigenvalue weighted by Crippen LogP contribution is -2.08. The maximum atomic E-state index is 15.3. The van der Waals surface area contributed by atoms with E-state index in [9.17, 15) is 0 Å². The highest BCUT2D eigenvalue weighted by Gasteiger charge is 2.21. The zero-order valence-corrected chi connectivity index (χ0v) is 16.5. The van der Waals surface area contributed by atoms with Crippen LogP contribution in [0.2, 0.25) is 5.02 Å². The molecule has 0 spiro atoms. The van der Waals surface area contributed by atoms with Crippen molar-refractivity contribution in [2.24, 2.45) is 0 Å². The molecule has 1 aliphatic carbocycles. The van der Waals surface area contributed by atoms with Gasteiger partial charge in [0, 0.05) is 10.6 Å². The van der Waals surface area contributed by atoms with Crippen LogP contribution >= 0.6 is 11.6 Å². The van der Waals surface area contributed by atoms with Crippen LogP contribution < -0.4 is 0 Å². The lowest BCUT2D eigenvalue weighted by molar-refractivity contribution is 0.611. The number of halogens is 2. The second-order valence-corrected chi connectivity index (χ2v) is 7.85. The first kappa shape index (κ1) is 18.3. The minimum Gasteiger partial charge on any atom is -0.206 e. The summed E-state index contributed by atoms with van der Waals surface area (Å²) in [6.45, 7) is 2.23. The van der Waals surface area contributed by atoms with Crippen molar-refractivity contribution >= 4 is 11.6 Å². The molecule has 0 amide bonds. The SMILES string of the molecule is CCCCCc1ccc2c(c1)CCc1c-2ccc(-c2ccc(Cl)cc2)c1F. The lowest BCUT2D eigenvalue weighted by atomic mass is 9.82. The summed E-state index contributed by atoms with van der Waals surface area (Å²) in [6.07, 6.45) is 6.56. The Balaban J connectivity index is 1.68. The molecule has 0 atom stereocenters. The van der Waals surface area contributed by atoms with Crippen molar-refractivity contribution in [2.75, 3.05) is 0 Å². The Morgan fingerprint density at radius 3 is 2.37 bits per heavy atom. The number of unbranched alkanes of at least 4 members (excludes halogenated alkanes) is 2. The largest absolute Gasteiger partial charge is 0.206 e. The molecule has 0 saturated heterocycles. The van der Waals surface area contributed by atoms with Gasteiger partial charge in [0.15, 0.2) is 0 Å². The Kier molecular flexibility index (Phi) is 5.31. The third-order valence-corrected chi connectivity index (χ3v) is 5.82. The first-order valence-corrected chi connectivity index (χ1v) is 10.2. The van der Waals surface area contributed by atoms with Gasteiger partial charge in [-0.25, -0.2) is 4.39 Å². The molecule has 0 N–H and O–H groups in total. The Labute approximate surface area is 166 Å². The standard InChI is InChI=1S/C25H24ClF/c1-2-3-4-5-17-6-12-21-19(16-17)9-13-24-23(21)15-14-22(25(24)27)18-7-10-20(26)11-8-18/h6-8,10-12,14-16H,2-5,9,13H2,1H3. The minimum absolute atomic E-state index is 0.0903. The van der Waals surface area contributed by atoms with E-state index in [1.807, 2.05) is 30.3 Å². The highest BCUT2D eigenvalue weighted by Crippen LogP contribution is 2.39. The molecule has 3 aromatic carbocycles. The van der Waals surface area contributed by atoms with Crippen molar-refractivity contribution in [3.63, 3.8) is 0 Å². The van der Waals surface area contributed by atoms with Crippen molar-refractivity contribution in [1.82, 2.24) is 0 Å². The summed E-state index contributed by atoms with van der Waals surface area (Å²) in [4.78, 5) is 0. The minimum atomic E-state index is -0.0903. The molecule has 4 rings (SSSR count). The third kappa shape index (κ3) is 3.66. The first-order chi connectivity index (χ1) is 13.2. The highest BCUT2D eigenvalue weighted by atomic mass is 35.5. The molecule has 0 saturated carbocycles. The van der Waals surface area contributed by atoms with E-state index < -0.39 is 0 Å². The third-order valence-electron chi connectivity index (χ3n) is 5.57. The molecule has 0 nitrogen and oxygen atoms in total. The fraction of sp³-hybridized carbons (Fsp3) is 0.280. The second-order valence-electron chi connectivity index (χ2n) is 7.41. The summed E-state index contributed by atoms with van der Waals surface area (Å²) in [5.41, 5.74) is 7.37. The number of fused-ring (bicyclic) bond motifs is 3. The molecule has 0 heterocycles. The molecule has 0 aromatic heterocycles. The van der Waals surface area contributed by atoms with Gasteiger partial charge in [-0.3, -0.25) is 0 Å². The van der Waals surface area contributed by atoms with E-state index in [1.54, 1.807) is 0 Å². The number of rotatable bonds is 5. The molecule has 0 aliphatic heterocycles. The first-order valence-electron chi connectivity index (χ1n) is 9.87. The maximum absolute atomic E-state index is 15.3. The highest BCUT2D eigenvalue weighted by molar-refractivity contribution is 6.30. The van der Waals surface area contributed by atoms with Crippen molar-refractivity contribution in [1.29, 1.82) is 0 Å². The van der Waals surface area contributed by atoms with Gasteiger partial charge in [-0.05, 0) is 71.2 Å². The van der Waals surface area contributed by atoms with Gasteiger partial charge < -0.3 is 0 Å². The smallest absolute Gasteiger partial charge is 0.134 e. The molecule has 1 aliphatic rings. The molecule has 138 valence electrons. The van der Waals surface area contributed by atoms with E-state index in [-0.39, 0.29) is 5.82 Å². The van der Waals surface area contributed by atoms with Crippen LogP contribution in [0, 0.1) is 5.82 Å². The lowest BCUT2D eigenvalue weighted by Gasteiger charge is -2.22. The summed E-state index contributed by atoms with van der Waals surface area (Å²) in [6, 6.07) is 18.1. The van der Waals surface area contributed by atoms with Crippen LogP contribution in [-0.2, 0) is 19.3 Å². The molecule has 3 aromatic rings. The molecular weight excluding hydrogens is 355 g/mol. The summed E-state index contributed by atoms with van der Waals surface area (Å²) >= 11 is 5.97. The maximum Gasteiger partial charge on any atom is 0.134 e. The molecule has 0 radical (unpaired) electrons. The molecule has 0 unspecified atom stereocenters. The normalized spacial score (nSPS) is 12.6. The van der Waals surface area contributed by atoms with E-state index in [0.29, 0.717) is 10.6 Å². The second kappa shape index (κ2) is 7.86. The topological polar surface area (TPSA) is 0 Å². The molecular formula is C25H24ClF. The van der Waals surface area contributed by atoms with Gasteiger partial charge in [0.2, 0.25) is 0 Å². The number of aryl methyl sites for hydroxylation is 2. The van der Waals surface area contributed by atoms with Gasteiger partial charge >= 0.3 is 0 Å².